The molecule has 1 aromatic carbocycles. The lowest BCUT2D eigenvalue weighted by molar-refractivity contribution is -0.140. The van der Waals surface area contributed by atoms with Crippen molar-refractivity contribution in [1.82, 2.24) is 0 Å². The molecule has 1 heterocycles. The summed E-state index contributed by atoms with van der Waals surface area (Å²) >= 11 is 0. The van der Waals surface area contributed by atoms with Crippen LogP contribution in [0.25, 0.3) is 11.0 Å². The van der Waals surface area contributed by atoms with E-state index in [0.717, 1.165) is 0 Å². The summed E-state index contributed by atoms with van der Waals surface area (Å²) in [6.07, 6.45) is 0.483. The molecule has 2 rings (SSSR count). The number of benzene rings is 1. The molecule has 1 aromatic heterocycles. The smallest absolute Gasteiger partial charge is 0.351 e. The fourth-order valence-electron chi connectivity index (χ4n) is 1.80. The predicted molar refractivity (Wildman–Crippen MR) is 83.2 cm³/mol. The fraction of sp³-hybridized carbons (Fsp3) is 0.235. The van der Waals surface area contributed by atoms with E-state index in [2.05, 4.69) is 6.58 Å². The molecule has 0 saturated heterocycles. The Morgan fingerprint density at radius 3 is 2.61 bits per heavy atom. The molecule has 2 aromatic rings. The minimum atomic E-state index is -0.824. The van der Waals surface area contributed by atoms with Gasteiger partial charge < -0.3 is 13.9 Å². The van der Waals surface area contributed by atoms with Gasteiger partial charge >= 0.3 is 17.6 Å². The highest BCUT2D eigenvalue weighted by Gasteiger charge is 2.15. The molecule has 0 aliphatic carbocycles. The molecule has 6 heteroatoms. The minimum absolute atomic E-state index is 0.109. The van der Waals surface area contributed by atoms with Gasteiger partial charge in [-0.15, -0.1) is 0 Å². The summed E-state index contributed by atoms with van der Waals surface area (Å²) in [5.41, 5.74) is -0.245. The summed E-state index contributed by atoms with van der Waals surface area (Å²) in [4.78, 5) is 35.0. The van der Waals surface area contributed by atoms with E-state index in [1.165, 1.54) is 6.07 Å². The molecule has 0 aliphatic rings. The highest BCUT2D eigenvalue weighted by molar-refractivity contribution is 5.92. The van der Waals surface area contributed by atoms with Gasteiger partial charge in [-0.3, -0.25) is 0 Å². The maximum absolute atomic E-state index is 11.9. The van der Waals surface area contributed by atoms with Crippen LogP contribution in [0.15, 0.2) is 51.7 Å². The molecular formula is C17H16O6. The maximum Gasteiger partial charge on any atom is 0.351 e. The summed E-state index contributed by atoms with van der Waals surface area (Å²) in [6.45, 7) is 5.05. The van der Waals surface area contributed by atoms with E-state index in [1.54, 1.807) is 31.2 Å². The number of fused-ring (bicyclic) bond motifs is 1. The van der Waals surface area contributed by atoms with Gasteiger partial charge in [-0.05, 0) is 18.6 Å². The summed E-state index contributed by atoms with van der Waals surface area (Å²) in [5.74, 6) is -1.36. The normalized spacial score (nSPS) is 10.3. The van der Waals surface area contributed by atoms with Crippen molar-refractivity contribution < 1.29 is 23.5 Å². The van der Waals surface area contributed by atoms with Gasteiger partial charge in [-0.2, -0.15) is 0 Å². The van der Waals surface area contributed by atoms with E-state index in [1.807, 2.05) is 0 Å². The molecule has 120 valence electrons. The van der Waals surface area contributed by atoms with Gasteiger partial charge in [0.25, 0.3) is 0 Å². The molecule has 0 bridgehead atoms. The minimum Gasteiger partial charge on any atom is -0.459 e. The van der Waals surface area contributed by atoms with Gasteiger partial charge in [0.15, 0.2) is 0 Å². The second-order valence-electron chi connectivity index (χ2n) is 4.71. The average molecular weight is 316 g/mol. The van der Waals surface area contributed by atoms with Crippen LogP contribution < -0.4 is 5.63 Å². The van der Waals surface area contributed by atoms with Gasteiger partial charge in [0.2, 0.25) is 0 Å². The summed E-state index contributed by atoms with van der Waals surface area (Å²) in [6, 6.07) is 8.24. The third-order valence-corrected chi connectivity index (χ3v) is 3.13. The van der Waals surface area contributed by atoms with Crippen molar-refractivity contribution >= 4 is 22.9 Å². The number of esters is 2. The van der Waals surface area contributed by atoms with Crippen molar-refractivity contribution in [2.45, 2.75) is 13.3 Å². The van der Waals surface area contributed by atoms with Crippen LogP contribution in [0.5, 0.6) is 0 Å². The van der Waals surface area contributed by atoms with Crippen molar-refractivity contribution in [3.63, 3.8) is 0 Å². The second kappa shape index (κ2) is 7.40. The Hall–Kier alpha value is -2.89. The second-order valence-corrected chi connectivity index (χ2v) is 4.71. The number of rotatable bonds is 6. The zero-order valence-electron chi connectivity index (χ0n) is 12.7. The van der Waals surface area contributed by atoms with Crippen LogP contribution in [0.3, 0.4) is 0 Å². The zero-order valence-corrected chi connectivity index (χ0v) is 12.7. The third kappa shape index (κ3) is 4.06. The third-order valence-electron chi connectivity index (χ3n) is 3.13. The highest BCUT2D eigenvalue weighted by Crippen LogP contribution is 2.13. The lowest BCUT2D eigenvalue weighted by Gasteiger charge is -2.07. The molecule has 0 fully saturated rings. The van der Waals surface area contributed by atoms with Crippen molar-refractivity contribution in [3.8, 4) is 0 Å². The molecule has 0 unspecified atom stereocenters. The topological polar surface area (TPSA) is 82.8 Å². The number of hydrogen-bond acceptors (Lipinski definition) is 6. The van der Waals surface area contributed by atoms with Crippen LogP contribution in [0, 0.1) is 0 Å². The molecular weight excluding hydrogens is 300 g/mol. The Balaban J connectivity index is 1.96. The first-order valence-corrected chi connectivity index (χ1v) is 7.08. The van der Waals surface area contributed by atoms with Crippen LogP contribution in [-0.4, -0.2) is 25.2 Å². The standard InChI is InChI=1S/C17H16O6/c1-3-11(2)15(18)21-8-9-22-16(19)13-10-12-6-4-5-7-14(12)23-17(13)20/h4-7,10H,2-3,8-9H2,1H3. The summed E-state index contributed by atoms with van der Waals surface area (Å²) < 4.78 is 14.8. The maximum atomic E-state index is 11.9. The highest BCUT2D eigenvalue weighted by atomic mass is 16.6. The molecule has 0 atom stereocenters. The Labute approximate surface area is 132 Å². The van der Waals surface area contributed by atoms with Gasteiger partial charge in [-0.1, -0.05) is 31.7 Å². The molecule has 0 radical (unpaired) electrons. The summed E-state index contributed by atoms with van der Waals surface area (Å²) in [5, 5.41) is 0.615. The Kier molecular flexibility index (Phi) is 5.30. The van der Waals surface area contributed by atoms with Crippen LogP contribution >= 0.6 is 0 Å². The van der Waals surface area contributed by atoms with E-state index in [9.17, 15) is 14.4 Å². The monoisotopic (exact) mass is 316 g/mol. The Bertz CT molecular complexity index is 802. The number of carbonyl (C=O) groups excluding carboxylic acids is 2. The fourth-order valence-corrected chi connectivity index (χ4v) is 1.80. The van der Waals surface area contributed by atoms with Crippen LogP contribution in [0.1, 0.15) is 23.7 Å². The van der Waals surface area contributed by atoms with Crippen molar-refractivity contribution in [3.05, 3.63) is 58.5 Å². The number of hydrogen-bond donors (Lipinski definition) is 0. The van der Waals surface area contributed by atoms with Crippen molar-refractivity contribution in [2.24, 2.45) is 0 Å². The first-order chi connectivity index (χ1) is 11.0. The number of ether oxygens (including phenoxy) is 2. The first-order valence-electron chi connectivity index (χ1n) is 7.08. The van der Waals surface area contributed by atoms with Crippen molar-refractivity contribution in [2.75, 3.05) is 13.2 Å². The molecule has 0 N–H and O–H groups in total. The lowest BCUT2D eigenvalue weighted by atomic mass is 10.2. The van der Waals surface area contributed by atoms with Gasteiger partial charge in [0.05, 0.1) is 0 Å². The zero-order chi connectivity index (χ0) is 16.8. The quantitative estimate of drug-likeness (QED) is 0.352. The van der Waals surface area contributed by atoms with Crippen LogP contribution in [0.4, 0.5) is 0 Å². The molecule has 23 heavy (non-hydrogen) atoms. The van der Waals surface area contributed by atoms with Gasteiger partial charge in [-0.25, -0.2) is 14.4 Å². The van der Waals surface area contributed by atoms with E-state index < -0.39 is 17.6 Å². The van der Waals surface area contributed by atoms with E-state index in [0.29, 0.717) is 23.0 Å². The van der Waals surface area contributed by atoms with E-state index in [4.69, 9.17) is 13.9 Å². The molecule has 6 nitrogen and oxygen atoms in total. The number of carbonyl (C=O) groups is 2. The Morgan fingerprint density at radius 1 is 1.17 bits per heavy atom. The summed E-state index contributed by atoms with van der Waals surface area (Å²) in [7, 11) is 0. The van der Waals surface area contributed by atoms with Crippen LogP contribution in [-0.2, 0) is 14.3 Å². The molecule has 0 spiro atoms. The molecule has 0 aliphatic heterocycles. The Morgan fingerprint density at radius 2 is 1.87 bits per heavy atom. The van der Waals surface area contributed by atoms with Gasteiger partial charge in [0, 0.05) is 11.0 Å². The van der Waals surface area contributed by atoms with Gasteiger partial charge in [0.1, 0.15) is 24.4 Å². The van der Waals surface area contributed by atoms with E-state index in [-0.39, 0.29) is 18.8 Å². The average Bonchev–Trinajstić information content (AvgIpc) is 2.56. The SMILES string of the molecule is C=C(CC)C(=O)OCCOC(=O)c1cc2ccccc2oc1=O. The largest absolute Gasteiger partial charge is 0.459 e. The van der Waals surface area contributed by atoms with E-state index >= 15 is 0 Å². The first kappa shape index (κ1) is 16.5. The predicted octanol–water partition coefficient (Wildman–Crippen LogP) is 2.46. The number of para-hydroxylation sites is 1. The van der Waals surface area contributed by atoms with Crippen LogP contribution in [0.2, 0.25) is 0 Å². The lowest BCUT2D eigenvalue weighted by Crippen LogP contribution is -2.19. The molecule has 0 amide bonds. The van der Waals surface area contributed by atoms with Crippen molar-refractivity contribution in [1.29, 1.82) is 0 Å². The molecule has 0 saturated carbocycles.